The van der Waals surface area contributed by atoms with Crippen LogP contribution < -0.4 is 5.32 Å². The molecule has 4 heterocycles. The van der Waals surface area contributed by atoms with E-state index < -0.39 is 0 Å². The Morgan fingerprint density at radius 1 is 1.17 bits per heavy atom. The van der Waals surface area contributed by atoms with Crippen molar-refractivity contribution in [2.75, 3.05) is 6.54 Å². The fraction of sp³-hybridized carbons (Fsp3) is 0.368. The second kappa shape index (κ2) is 5.17. The molecule has 3 aromatic rings. The van der Waals surface area contributed by atoms with Crippen molar-refractivity contribution < 1.29 is 0 Å². The highest BCUT2D eigenvalue weighted by Gasteiger charge is 2.28. The Kier molecular flexibility index (Phi) is 3.23. The minimum Gasteiger partial charge on any atom is -0.346 e. The molecular formula is C19H22N4. The summed E-state index contributed by atoms with van der Waals surface area (Å²) in [5.74, 6) is 0. The van der Waals surface area contributed by atoms with E-state index in [2.05, 4.69) is 59.2 Å². The van der Waals surface area contributed by atoms with Crippen LogP contribution >= 0.6 is 0 Å². The SMILES string of the molecule is CC(C)(C)C1CC(c2ccnc3cnc4[nH]ccc4c23)=CCN1. The van der Waals surface area contributed by atoms with Crippen LogP contribution in [0.25, 0.3) is 27.5 Å². The van der Waals surface area contributed by atoms with Gasteiger partial charge in [0, 0.05) is 35.8 Å². The number of hydrogen-bond acceptors (Lipinski definition) is 3. The van der Waals surface area contributed by atoms with Gasteiger partial charge in [0.25, 0.3) is 0 Å². The molecule has 1 unspecified atom stereocenters. The summed E-state index contributed by atoms with van der Waals surface area (Å²) in [6, 6.07) is 4.72. The predicted molar refractivity (Wildman–Crippen MR) is 95.2 cm³/mol. The van der Waals surface area contributed by atoms with E-state index in [0.717, 1.165) is 29.5 Å². The van der Waals surface area contributed by atoms with E-state index in [-0.39, 0.29) is 5.41 Å². The number of rotatable bonds is 1. The zero-order valence-corrected chi connectivity index (χ0v) is 13.9. The number of aromatic nitrogens is 3. The Morgan fingerprint density at radius 2 is 2.04 bits per heavy atom. The number of nitrogens with one attached hydrogen (secondary N) is 2. The standard InChI is InChI=1S/C19H22N4/c1-19(2,3)16-10-12(4-7-21-16)13-5-8-20-15-11-23-18-14(17(13)15)6-9-22-18/h4-6,8-9,11,16,21H,7,10H2,1-3H3,(H,22,23). The Labute approximate surface area is 136 Å². The van der Waals surface area contributed by atoms with Gasteiger partial charge in [-0.05, 0) is 35.1 Å². The average molecular weight is 306 g/mol. The van der Waals surface area contributed by atoms with Crippen LogP contribution in [-0.2, 0) is 0 Å². The van der Waals surface area contributed by atoms with Crippen molar-refractivity contribution in [3.63, 3.8) is 0 Å². The zero-order chi connectivity index (χ0) is 16.0. The quantitative estimate of drug-likeness (QED) is 0.717. The molecule has 0 spiro atoms. The number of pyridine rings is 2. The van der Waals surface area contributed by atoms with Crippen LogP contribution in [0.2, 0.25) is 0 Å². The number of aromatic amines is 1. The summed E-state index contributed by atoms with van der Waals surface area (Å²) in [5, 5.41) is 5.99. The number of fused-ring (bicyclic) bond motifs is 3. The Balaban J connectivity index is 1.89. The number of H-pyrrole nitrogens is 1. The van der Waals surface area contributed by atoms with Crippen molar-refractivity contribution >= 4 is 27.5 Å². The van der Waals surface area contributed by atoms with Crippen LogP contribution in [0.3, 0.4) is 0 Å². The van der Waals surface area contributed by atoms with Crippen LogP contribution in [0.1, 0.15) is 32.8 Å². The molecule has 0 radical (unpaired) electrons. The molecule has 118 valence electrons. The summed E-state index contributed by atoms with van der Waals surface area (Å²) >= 11 is 0. The molecule has 1 atom stereocenters. The maximum atomic E-state index is 4.51. The normalized spacial score (nSPS) is 19.3. The van der Waals surface area contributed by atoms with E-state index in [4.69, 9.17) is 0 Å². The first kappa shape index (κ1) is 14.4. The Hall–Kier alpha value is -2.20. The Morgan fingerprint density at radius 3 is 2.87 bits per heavy atom. The van der Waals surface area contributed by atoms with Gasteiger partial charge in [0.1, 0.15) is 5.65 Å². The monoisotopic (exact) mass is 306 g/mol. The largest absolute Gasteiger partial charge is 0.346 e. The summed E-state index contributed by atoms with van der Waals surface area (Å²) in [5.41, 5.74) is 4.82. The molecule has 0 aliphatic carbocycles. The van der Waals surface area contributed by atoms with E-state index >= 15 is 0 Å². The smallest absolute Gasteiger partial charge is 0.138 e. The molecule has 4 rings (SSSR count). The van der Waals surface area contributed by atoms with Gasteiger partial charge < -0.3 is 10.3 Å². The van der Waals surface area contributed by atoms with Crippen molar-refractivity contribution in [2.24, 2.45) is 5.41 Å². The first-order valence-electron chi connectivity index (χ1n) is 8.17. The summed E-state index contributed by atoms with van der Waals surface area (Å²) in [7, 11) is 0. The van der Waals surface area contributed by atoms with Crippen molar-refractivity contribution in [2.45, 2.75) is 33.2 Å². The van der Waals surface area contributed by atoms with Gasteiger partial charge in [0.05, 0.1) is 11.7 Å². The number of nitrogens with zero attached hydrogens (tertiary/aromatic N) is 2. The highest BCUT2D eigenvalue weighted by Crippen LogP contribution is 2.35. The zero-order valence-electron chi connectivity index (χ0n) is 13.9. The van der Waals surface area contributed by atoms with Crippen LogP contribution in [0.15, 0.2) is 36.8 Å². The van der Waals surface area contributed by atoms with Gasteiger partial charge >= 0.3 is 0 Å². The van der Waals surface area contributed by atoms with Gasteiger partial charge in [-0.3, -0.25) is 4.98 Å². The van der Waals surface area contributed by atoms with Gasteiger partial charge in [-0.25, -0.2) is 4.98 Å². The van der Waals surface area contributed by atoms with Gasteiger partial charge in [-0.15, -0.1) is 0 Å². The van der Waals surface area contributed by atoms with E-state index in [9.17, 15) is 0 Å². The lowest BCUT2D eigenvalue weighted by Gasteiger charge is -2.35. The van der Waals surface area contributed by atoms with Gasteiger partial charge in [0.2, 0.25) is 0 Å². The molecule has 23 heavy (non-hydrogen) atoms. The highest BCUT2D eigenvalue weighted by molar-refractivity contribution is 6.08. The third-order valence-corrected chi connectivity index (χ3v) is 4.82. The van der Waals surface area contributed by atoms with E-state index in [1.165, 1.54) is 16.5 Å². The van der Waals surface area contributed by atoms with E-state index in [1.807, 2.05) is 18.6 Å². The summed E-state index contributed by atoms with van der Waals surface area (Å²) in [4.78, 5) is 12.2. The minimum atomic E-state index is 0.243. The third kappa shape index (κ3) is 2.43. The summed E-state index contributed by atoms with van der Waals surface area (Å²) in [6.07, 6.45) is 9.06. The molecule has 0 saturated heterocycles. The summed E-state index contributed by atoms with van der Waals surface area (Å²) in [6.45, 7) is 7.81. The molecule has 0 amide bonds. The van der Waals surface area contributed by atoms with Crippen LogP contribution in [0.5, 0.6) is 0 Å². The number of hydrogen-bond donors (Lipinski definition) is 2. The van der Waals surface area contributed by atoms with Crippen molar-refractivity contribution in [3.05, 3.63) is 42.4 Å². The summed E-state index contributed by atoms with van der Waals surface area (Å²) < 4.78 is 0. The fourth-order valence-electron chi connectivity index (χ4n) is 3.45. The maximum Gasteiger partial charge on any atom is 0.138 e. The third-order valence-electron chi connectivity index (χ3n) is 4.82. The maximum absolute atomic E-state index is 4.51. The molecule has 0 saturated carbocycles. The van der Waals surface area contributed by atoms with Crippen molar-refractivity contribution in [3.8, 4) is 0 Å². The van der Waals surface area contributed by atoms with Gasteiger partial charge in [-0.1, -0.05) is 26.8 Å². The lowest BCUT2D eigenvalue weighted by atomic mass is 9.79. The predicted octanol–water partition coefficient (Wildman–Crippen LogP) is 3.90. The molecular weight excluding hydrogens is 284 g/mol. The van der Waals surface area contributed by atoms with Crippen molar-refractivity contribution in [1.82, 2.24) is 20.3 Å². The van der Waals surface area contributed by atoms with Crippen molar-refractivity contribution in [1.29, 1.82) is 0 Å². The lowest BCUT2D eigenvalue weighted by molar-refractivity contribution is 0.274. The second-order valence-corrected chi connectivity index (χ2v) is 7.38. The van der Waals surface area contributed by atoms with Crippen LogP contribution in [-0.4, -0.2) is 27.5 Å². The second-order valence-electron chi connectivity index (χ2n) is 7.38. The highest BCUT2D eigenvalue weighted by atomic mass is 14.9. The van der Waals surface area contributed by atoms with Gasteiger partial charge in [-0.2, -0.15) is 0 Å². The molecule has 0 aromatic carbocycles. The minimum absolute atomic E-state index is 0.243. The van der Waals surface area contributed by atoms with E-state index in [0.29, 0.717) is 6.04 Å². The molecule has 3 aromatic heterocycles. The van der Waals surface area contributed by atoms with Crippen LogP contribution in [0.4, 0.5) is 0 Å². The first-order valence-corrected chi connectivity index (χ1v) is 8.17. The van der Waals surface area contributed by atoms with E-state index in [1.54, 1.807) is 0 Å². The molecule has 4 nitrogen and oxygen atoms in total. The van der Waals surface area contributed by atoms with Crippen LogP contribution in [0, 0.1) is 5.41 Å². The molecule has 1 aliphatic heterocycles. The Bertz CT molecular complexity index is 899. The molecule has 1 aliphatic rings. The first-order chi connectivity index (χ1) is 11.0. The lowest BCUT2D eigenvalue weighted by Crippen LogP contribution is -2.42. The molecule has 4 heteroatoms. The fourth-order valence-corrected chi connectivity index (χ4v) is 3.45. The molecule has 0 bridgehead atoms. The topological polar surface area (TPSA) is 53.6 Å². The molecule has 0 fully saturated rings. The molecule has 2 N–H and O–H groups in total. The average Bonchev–Trinajstić information content (AvgIpc) is 3.02. The van der Waals surface area contributed by atoms with Gasteiger partial charge in [0.15, 0.2) is 0 Å².